The molecule has 0 saturated heterocycles. The van der Waals surface area contributed by atoms with Crippen LogP contribution in [0.1, 0.15) is 32.4 Å². The van der Waals surface area contributed by atoms with Crippen LogP contribution < -0.4 is 5.73 Å². The summed E-state index contributed by atoms with van der Waals surface area (Å²) >= 11 is 5.97. The zero-order chi connectivity index (χ0) is 14.5. The van der Waals surface area contributed by atoms with Crippen molar-refractivity contribution in [2.75, 3.05) is 13.2 Å². The molecule has 0 bridgehead atoms. The minimum absolute atomic E-state index is 0.175. The second-order valence-electron chi connectivity index (χ2n) is 5.13. The summed E-state index contributed by atoms with van der Waals surface area (Å²) in [5, 5.41) is 0.456. The summed E-state index contributed by atoms with van der Waals surface area (Å²) in [6.07, 6.45) is 0. The fraction of sp³-hybridized carbons (Fsp3) is 0.500. The number of hydrogen-bond acceptors (Lipinski definition) is 4. The van der Waals surface area contributed by atoms with E-state index in [0.29, 0.717) is 17.2 Å². The number of hydrogen-bond donors (Lipinski definition) is 1. The second-order valence-corrected chi connectivity index (χ2v) is 5.53. The molecule has 0 aliphatic heterocycles. The zero-order valence-electron chi connectivity index (χ0n) is 11.5. The van der Waals surface area contributed by atoms with Crippen molar-refractivity contribution in [2.45, 2.75) is 32.4 Å². The molecule has 0 aliphatic carbocycles. The Morgan fingerprint density at radius 1 is 1.32 bits per heavy atom. The molecule has 1 aromatic rings. The summed E-state index contributed by atoms with van der Waals surface area (Å²) in [4.78, 5) is 11.8. The number of rotatable bonds is 5. The summed E-state index contributed by atoms with van der Waals surface area (Å²) in [5.74, 6) is -0.509. The lowest BCUT2D eigenvalue weighted by Crippen LogP contribution is -2.27. The Morgan fingerprint density at radius 2 is 1.95 bits per heavy atom. The predicted molar refractivity (Wildman–Crippen MR) is 75.0 cm³/mol. The SMILES string of the molecule is CC(C)(C)OCCOC(=O)[C@H](N)c1ccccc1Cl. The summed E-state index contributed by atoms with van der Waals surface area (Å²) in [6.45, 7) is 6.32. The van der Waals surface area contributed by atoms with E-state index < -0.39 is 12.0 Å². The Bertz CT molecular complexity index is 429. The first-order valence-corrected chi connectivity index (χ1v) is 6.49. The molecule has 5 heteroatoms. The molecule has 0 radical (unpaired) electrons. The van der Waals surface area contributed by atoms with Crippen LogP contribution in [-0.2, 0) is 14.3 Å². The normalized spacial score (nSPS) is 13.1. The molecular weight excluding hydrogens is 266 g/mol. The third kappa shape index (κ3) is 5.59. The number of carbonyl (C=O) groups excluding carboxylic acids is 1. The van der Waals surface area contributed by atoms with Crippen LogP contribution in [0.4, 0.5) is 0 Å². The van der Waals surface area contributed by atoms with Crippen LogP contribution in [0.2, 0.25) is 5.02 Å². The summed E-state index contributed by atoms with van der Waals surface area (Å²) in [6, 6.07) is 6.08. The minimum Gasteiger partial charge on any atom is -0.462 e. The lowest BCUT2D eigenvalue weighted by atomic mass is 10.1. The van der Waals surface area contributed by atoms with Crippen molar-refractivity contribution >= 4 is 17.6 Å². The second kappa shape index (κ2) is 6.89. The van der Waals surface area contributed by atoms with Crippen molar-refractivity contribution in [1.82, 2.24) is 0 Å². The van der Waals surface area contributed by atoms with Crippen molar-refractivity contribution in [3.8, 4) is 0 Å². The van der Waals surface area contributed by atoms with Gasteiger partial charge in [-0.25, -0.2) is 4.79 Å². The lowest BCUT2D eigenvalue weighted by molar-refractivity contribution is -0.148. The highest BCUT2D eigenvalue weighted by atomic mass is 35.5. The van der Waals surface area contributed by atoms with Gasteiger partial charge in [-0.3, -0.25) is 0 Å². The van der Waals surface area contributed by atoms with Gasteiger partial charge in [-0.05, 0) is 32.4 Å². The number of ether oxygens (including phenoxy) is 2. The van der Waals surface area contributed by atoms with Gasteiger partial charge in [0.15, 0.2) is 0 Å². The zero-order valence-corrected chi connectivity index (χ0v) is 12.2. The number of esters is 1. The van der Waals surface area contributed by atoms with Crippen molar-refractivity contribution in [3.63, 3.8) is 0 Å². The molecular formula is C14H20ClNO3. The van der Waals surface area contributed by atoms with Gasteiger partial charge in [0, 0.05) is 5.02 Å². The summed E-state index contributed by atoms with van der Waals surface area (Å²) < 4.78 is 10.5. The highest BCUT2D eigenvalue weighted by Crippen LogP contribution is 2.21. The van der Waals surface area contributed by atoms with Crippen molar-refractivity contribution in [1.29, 1.82) is 0 Å². The maximum Gasteiger partial charge on any atom is 0.327 e. The van der Waals surface area contributed by atoms with Crippen LogP contribution in [0.25, 0.3) is 0 Å². The van der Waals surface area contributed by atoms with Crippen LogP contribution in [-0.4, -0.2) is 24.8 Å². The molecule has 4 nitrogen and oxygen atoms in total. The van der Waals surface area contributed by atoms with Crippen LogP contribution in [0.15, 0.2) is 24.3 Å². The van der Waals surface area contributed by atoms with Gasteiger partial charge in [0.1, 0.15) is 12.6 Å². The van der Waals surface area contributed by atoms with E-state index in [4.69, 9.17) is 26.8 Å². The van der Waals surface area contributed by atoms with E-state index in [1.54, 1.807) is 24.3 Å². The van der Waals surface area contributed by atoms with Gasteiger partial charge in [-0.2, -0.15) is 0 Å². The van der Waals surface area contributed by atoms with Crippen LogP contribution in [0.5, 0.6) is 0 Å². The Morgan fingerprint density at radius 3 is 2.53 bits per heavy atom. The lowest BCUT2D eigenvalue weighted by Gasteiger charge is -2.19. The average Bonchev–Trinajstić information content (AvgIpc) is 2.33. The molecule has 1 rings (SSSR count). The van der Waals surface area contributed by atoms with E-state index >= 15 is 0 Å². The topological polar surface area (TPSA) is 61.5 Å². The van der Waals surface area contributed by atoms with Crippen molar-refractivity contribution in [2.24, 2.45) is 5.73 Å². The van der Waals surface area contributed by atoms with E-state index in [1.165, 1.54) is 0 Å². The fourth-order valence-corrected chi connectivity index (χ4v) is 1.69. The molecule has 0 saturated carbocycles. The fourth-order valence-electron chi connectivity index (χ4n) is 1.43. The molecule has 0 heterocycles. The summed E-state index contributed by atoms with van der Waals surface area (Å²) in [7, 11) is 0. The quantitative estimate of drug-likeness (QED) is 0.667. The monoisotopic (exact) mass is 285 g/mol. The Kier molecular flexibility index (Phi) is 5.79. The van der Waals surface area contributed by atoms with Gasteiger partial charge in [-0.15, -0.1) is 0 Å². The highest BCUT2D eigenvalue weighted by Gasteiger charge is 2.20. The van der Waals surface area contributed by atoms with Crippen molar-refractivity contribution in [3.05, 3.63) is 34.9 Å². The molecule has 0 amide bonds. The third-order valence-corrected chi connectivity index (χ3v) is 2.70. The Labute approximate surface area is 118 Å². The first kappa shape index (κ1) is 16.0. The number of benzene rings is 1. The predicted octanol–water partition coefficient (Wildman–Crippen LogP) is 2.70. The van der Waals surface area contributed by atoms with Crippen LogP contribution in [0, 0.1) is 0 Å². The van der Waals surface area contributed by atoms with Gasteiger partial charge < -0.3 is 15.2 Å². The number of halogens is 1. The Hall–Kier alpha value is -1.10. The van der Waals surface area contributed by atoms with E-state index in [9.17, 15) is 4.79 Å². The van der Waals surface area contributed by atoms with E-state index in [1.807, 2.05) is 20.8 Å². The first-order valence-electron chi connectivity index (χ1n) is 6.12. The van der Waals surface area contributed by atoms with Crippen LogP contribution in [0.3, 0.4) is 0 Å². The minimum atomic E-state index is -0.872. The highest BCUT2D eigenvalue weighted by molar-refractivity contribution is 6.31. The molecule has 1 atom stereocenters. The Balaban J connectivity index is 2.44. The molecule has 106 valence electrons. The maximum absolute atomic E-state index is 11.8. The van der Waals surface area contributed by atoms with E-state index in [0.717, 1.165) is 0 Å². The summed E-state index contributed by atoms with van der Waals surface area (Å²) in [5.41, 5.74) is 6.12. The molecule has 2 N–H and O–H groups in total. The van der Waals surface area contributed by atoms with E-state index in [-0.39, 0.29) is 12.2 Å². The molecule has 0 fully saturated rings. The molecule has 0 unspecified atom stereocenters. The molecule has 0 spiro atoms. The molecule has 0 aliphatic rings. The van der Waals surface area contributed by atoms with Crippen molar-refractivity contribution < 1.29 is 14.3 Å². The van der Waals surface area contributed by atoms with Gasteiger partial charge in [-0.1, -0.05) is 29.8 Å². The number of nitrogens with two attached hydrogens (primary N) is 1. The smallest absolute Gasteiger partial charge is 0.327 e. The van der Waals surface area contributed by atoms with E-state index in [2.05, 4.69) is 0 Å². The first-order chi connectivity index (χ1) is 8.81. The number of carbonyl (C=O) groups is 1. The molecule has 1 aromatic carbocycles. The largest absolute Gasteiger partial charge is 0.462 e. The van der Waals surface area contributed by atoms with Gasteiger partial charge >= 0.3 is 5.97 Å². The maximum atomic E-state index is 11.8. The molecule has 0 aromatic heterocycles. The van der Waals surface area contributed by atoms with Crippen LogP contribution >= 0.6 is 11.6 Å². The van der Waals surface area contributed by atoms with Gasteiger partial charge in [0.25, 0.3) is 0 Å². The average molecular weight is 286 g/mol. The standard InChI is InChI=1S/C14H20ClNO3/c1-14(2,3)19-9-8-18-13(17)12(16)10-6-4-5-7-11(10)15/h4-7,12H,8-9,16H2,1-3H3/t12-/m1/s1. The molecule has 19 heavy (non-hydrogen) atoms. The van der Waals surface area contributed by atoms with Gasteiger partial charge in [0.05, 0.1) is 12.2 Å². The van der Waals surface area contributed by atoms with Gasteiger partial charge in [0.2, 0.25) is 0 Å². The third-order valence-electron chi connectivity index (χ3n) is 2.36.